The molecule has 1 unspecified atom stereocenters. The Bertz CT molecular complexity index is 281. The number of aromatic hydroxyl groups is 1. The highest BCUT2D eigenvalue weighted by atomic mass is 16.3. The largest absolute Gasteiger partial charge is 0.508 e. The van der Waals surface area contributed by atoms with Crippen LogP contribution in [0.5, 0.6) is 5.75 Å². The first kappa shape index (κ1) is 6.68. The molecule has 0 aliphatic heterocycles. The van der Waals surface area contributed by atoms with Crippen molar-refractivity contribution in [1.82, 2.24) is 0 Å². The molecule has 0 radical (unpaired) electrons. The van der Waals surface area contributed by atoms with E-state index in [9.17, 15) is 10.2 Å². The van der Waals surface area contributed by atoms with Crippen molar-refractivity contribution >= 4 is 0 Å². The van der Waals surface area contributed by atoms with Crippen molar-refractivity contribution in [1.29, 1.82) is 0 Å². The Morgan fingerprint density at radius 2 is 2.18 bits per heavy atom. The van der Waals surface area contributed by atoms with Gasteiger partial charge in [0.15, 0.2) is 0 Å². The van der Waals surface area contributed by atoms with Crippen molar-refractivity contribution in [2.45, 2.75) is 18.9 Å². The molecule has 11 heavy (non-hydrogen) atoms. The first-order valence-corrected chi connectivity index (χ1v) is 3.78. The third kappa shape index (κ3) is 0.906. The molecule has 0 amide bonds. The maximum atomic E-state index is 9.39. The highest BCUT2D eigenvalue weighted by Crippen LogP contribution is 2.35. The standard InChI is InChI=1S/C9H10O2/c10-8-3-1-2-6-7(8)4-5-9(6)11/h1-3,9-11H,4-5H2. The summed E-state index contributed by atoms with van der Waals surface area (Å²) in [6, 6.07) is 5.30. The molecule has 0 saturated carbocycles. The zero-order valence-corrected chi connectivity index (χ0v) is 6.12. The summed E-state index contributed by atoms with van der Waals surface area (Å²) >= 11 is 0. The minimum atomic E-state index is -0.364. The van der Waals surface area contributed by atoms with Gasteiger partial charge in [-0.1, -0.05) is 12.1 Å². The van der Waals surface area contributed by atoms with Crippen LogP contribution in [0.2, 0.25) is 0 Å². The minimum Gasteiger partial charge on any atom is -0.508 e. The number of hydrogen-bond acceptors (Lipinski definition) is 2. The highest BCUT2D eigenvalue weighted by molar-refractivity contribution is 5.43. The predicted octanol–water partition coefficient (Wildman–Crippen LogP) is 1.37. The molecule has 0 fully saturated rings. The van der Waals surface area contributed by atoms with Crippen molar-refractivity contribution in [3.05, 3.63) is 29.3 Å². The lowest BCUT2D eigenvalue weighted by atomic mass is 10.1. The van der Waals surface area contributed by atoms with E-state index in [1.807, 2.05) is 6.07 Å². The molecule has 1 atom stereocenters. The third-order valence-corrected chi connectivity index (χ3v) is 2.21. The van der Waals surface area contributed by atoms with Crippen LogP contribution in [-0.2, 0) is 6.42 Å². The number of aliphatic hydroxyl groups excluding tert-OH is 1. The van der Waals surface area contributed by atoms with E-state index in [1.165, 1.54) is 0 Å². The molecule has 1 aromatic rings. The van der Waals surface area contributed by atoms with Gasteiger partial charge in [-0.05, 0) is 30.0 Å². The molecule has 0 bridgehead atoms. The second-order valence-corrected chi connectivity index (χ2v) is 2.90. The first-order valence-electron chi connectivity index (χ1n) is 3.78. The summed E-state index contributed by atoms with van der Waals surface area (Å²) < 4.78 is 0. The monoisotopic (exact) mass is 150 g/mol. The highest BCUT2D eigenvalue weighted by Gasteiger charge is 2.21. The number of phenolic OH excluding ortho intramolecular Hbond substituents is 1. The van der Waals surface area contributed by atoms with Crippen LogP contribution < -0.4 is 0 Å². The van der Waals surface area contributed by atoms with E-state index in [0.29, 0.717) is 5.75 Å². The van der Waals surface area contributed by atoms with Crippen LogP contribution in [-0.4, -0.2) is 10.2 Å². The molecule has 2 N–H and O–H groups in total. The summed E-state index contributed by atoms with van der Waals surface area (Å²) in [5, 5.41) is 18.7. The van der Waals surface area contributed by atoms with Crippen molar-refractivity contribution in [3.63, 3.8) is 0 Å². The minimum absolute atomic E-state index is 0.319. The topological polar surface area (TPSA) is 40.5 Å². The molecule has 0 saturated heterocycles. The number of benzene rings is 1. The number of fused-ring (bicyclic) bond motifs is 1. The quantitative estimate of drug-likeness (QED) is 0.586. The summed E-state index contributed by atoms with van der Waals surface area (Å²) in [5.74, 6) is 0.319. The Kier molecular flexibility index (Phi) is 1.36. The number of hydrogen-bond donors (Lipinski definition) is 2. The SMILES string of the molecule is Oc1cccc2c1CCC2O. The Labute approximate surface area is 65.1 Å². The molecule has 0 spiro atoms. The van der Waals surface area contributed by atoms with Gasteiger partial charge in [0.05, 0.1) is 6.10 Å². The lowest BCUT2D eigenvalue weighted by Gasteiger charge is -2.03. The zero-order chi connectivity index (χ0) is 7.84. The molecule has 0 aromatic heterocycles. The zero-order valence-electron chi connectivity index (χ0n) is 6.12. The molecular formula is C9H10O2. The number of phenols is 1. The average molecular weight is 150 g/mol. The Hall–Kier alpha value is -1.02. The van der Waals surface area contributed by atoms with Gasteiger partial charge in [0.2, 0.25) is 0 Å². The molecular weight excluding hydrogens is 140 g/mol. The van der Waals surface area contributed by atoms with E-state index in [4.69, 9.17) is 0 Å². The van der Waals surface area contributed by atoms with Crippen molar-refractivity contribution in [3.8, 4) is 5.75 Å². The number of rotatable bonds is 0. The van der Waals surface area contributed by atoms with E-state index < -0.39 is 0 Å². The van der Waals surface area contributed by atoms with Crippen LogP contribution in [0, 0.1) is 0 Å². The van der Waals surface area contributed by atoms with Gasteiger partial charge in [-0.15, -0.1) is 0 Å². The van der Waals surface area contributed by atoms with Gasteiger partial charge < -0.3 is 10.2 Å². The van der Waals surface area contributed by atoms with Gasteiger partial charge in [-0.3, -0.25) is 0 Å². The molecule has 1 aromatic carbocycles. The van der Waals surface area contributed by atoms with Gasteiger partial charge in [0.25, 0.3) is 0 Å². The predicted molar refractivity (Wildman–Crippen MR) is 41.4 cm³/mol. The van der Waals surface area contributed by atoms with Crippen LogP contribution in [0.1, 0.15) is 23.7 Å². The van der Waals surface area contributed by atoms with E-state index in [1.54, 1.807) is 12.1 Å². The molecule has 1 aliphatic rings. The van der Waals surface area contributed by atoms with Gasteiger partial charge >= 0.3 is 0 Å². The summed E-state index contributed by atoms with van der Waals surface area (Å²) in [6.07, 6.45) is 1.17. The smallest absolute Gasteiger partial charge is 0.119 e. The first-order chi connectivity index (χ1) is 5.29. The second kappa shape index (κ2) is 2.24. The maximum absolute atomic E-state index is 9.39. The van der Waals surface area contributed by atoms with Gasteiger partial charge in [0.1, 0.15) is 5.75 Å². The fraction of sp³-hybridized carbons (Fsp3) is 0.333. The lowest BCUT2D eigenvalue weighted by molar-refractivity contribution is 0.180. The van der Waals surface area contributed by atoms with Crippen LogP contribution in [0.25, 0.3) is 0 Å². The van der Waals surface area contributed by atoms with Gasteiger partial charge in [0, 0.05) is 0 Å². The van der Waals surface area contributed by atoms with Crippen LogP contribution in [0.4, 0.5) is 0 Å². The van der Waals surface area contributed by atoms with Crippen molar-refractivity contribution in [2.24, 2.45) is 0 Å². The van der Waals surface area contributed by atoms with Crippen molar-refractivity contribution < 1.29 is 10.2 Å². The van der Waals surface area contributed by atoms with E-state index >= 15 is 0 Å². The molecule has 2 nitrogen and oxygen atoms in total. The summed E-state index contributed by atoms with van der Waals surface area (Å²) in [6.45, 7) is 0. The molecule has 2 heteroatoms. The van der Waals surface area contributed by atoms with Crippen LogP contribution in [0.15, 0.2) is 18.2 Å². The normalized spacial score (nSPS) is 21.7. The molecule has 1 aliphatic carbocycles. The van der Waals surface area contributed by atoms with E-state index in [2.05, 4.69) is 0 Å². The van der Waals surface area contributed by atoms with Gasteiger partial charge in [-0.2, -0.15) is 0 Å². The maximum Gasteiger partial charge on any atom is 0.119 e. The Morgan fingerprint density at radius 1 is 1.36 bits per heavy atom. The van der Waals surface area contributed by atoms with E-state index in [0.717, 1.165) is 24.0 Å². The summed E-state index contributed by atoms with van der Waals surface area (Å²) in [7, 11) is 0. The molecule has 58 valence electrons. The fourth-order valence-corrected chi connectivity index (χ4v) is 1.61. The Balaban J connectivity index is 2.57. The van der Waals surface area contributed by atoms with Crippen LogP contribution in [0.3, 0.4) is 0 Å². The number of aliphatic hydroxyl groups is 1. The van der Waals surface area contributed by atoms with Crippen molar-refractivity contribution in [2.75, 3.05) is 0 Å². The Morgan fingerprint density at radius 3 is 2.91 bits per heavy atom. The second-order valence-electron chi connectivity index (χ2n) is 2.90. The van der Waals surface area contributed by atoms with Crippen LogP contribution >= 0.6 is 0 Å². The molecule has 0 heterocycles. The third-order valence-electron chi connectivity index (χ3n) is 2.21. The summed E-state index contributed by atoms with van der Waals surface area (Å²) in [5.41, 5.74) is 1.81. The summed E-state index contributed by atoms with van der Waals surface area (Å²) in [4.78, 5) is 0. The van der Waals surface area contributed by atoms with Gasteiger partial charge in [-0.25, -0.2) is 0 Å². The van der Waals surface area contributed by atoms with E-state index in [-0.39, 0.29) is 6.10 Å². The molecule has 2 rings (SSSR count). The lowest BCUT2D eigenvalue weighted by Crippen LogP contribution is -1.88. The fourth-order valence-electron chi connectivity index (χ4n) is 1.61. The average Bonchev–Trinajstić information content (AvgIpc) is 2.35.